The van der Waals surface area contributed by atoms with Crippen molar-refractivity contribution >= 4 is 39.2 Å². The van der Waals surface area contributed by atoms with E-state index in [4.69, 9.17) is 16.3 Å². The van der Waals surface area contributed by atoms with Crippen molar-refractivity contribution in [1.82, 2.24) is 4.98 Å². The summed E-state index contributed by atoms with van der Waals surface area (Å²) in [6.45, 7) is 0. The lowest BCUT2D eigenvalue weighted by molar-refractivity contribution is -0.134. The van der Waals surface area contributed by atoms with Gasteiger partial charge in [0.25, 0.3) is 0 Å². The van der Waals surface area contributed by atoms with Crippen molar-refractivity contribution in [1.29, 1.82) is 0 Å². The van der Waals surface area contributed by atoms with Crippen molar-refractivity contribution in [2.75, 3.05) is 0 Å². The number of hydrogen-bond donors (Lipinski definition) is 1. The summed E-state index contributed by atoms with van der Waals surface area (Å²) in [7, 11) is 0. The van der Waals surface area contributed by atoms with Crippen LogP contribution in [0.25, 0.3) is 21.7 Å². The molecule has 0 atom stereocenters. The van der Waals surface area contributed by atoms with Gasteiger partial charge in [-0.1, -0.05) is 54.1 Å². The predicted molar refractivity (Wildman–Crippen MR) is 101 cm³/mol. The topological polar surface area (TPSA) is 42.1 Å². The van der Waals surface area contributed by atoms with E-state index in [9.17, 15) is 4.79 Å². The van der Waals surface area contributed by atoms with Crippen LogP contribution in [0.15, 0.2) is 66.9 Å². The van der Waals surface area contributed by atoms with Gasteiger partial charge in [0, 0.05) is 32.9 Å². The Balaban J connectivity index is 1.50. The number of aromatic nitrogens is 1. The first-order valence-electron chi connectivity index (χ1n) is 8.15. The SMILES string of the molecule is O=C(CCc1c[nH]c2ccccc12)Oc1ccc(Cl)c2ccccc12. The molecule has 4 heteroatoms. The summed E-state index contributed by atoms with van der Waals surface area (Å²) in [6, 6.07) is 19.2. The third-order valence-corrected chi connectivity index (χ3v) is 4.66. The minimum Gasteiger partial charge on any atom is -0.426 e. The molecule has 25 heavy (non-hydrogen) atoms. The van der Waals surface area contributed by atoms with Crippen molar-refractivity contribution in [3.8, 4) is 5.75 Å². The van der Waals surface area contributed by atoms with Gasteiger partial charge in [-0.3, -0.25) is 4.79 Å². The Labute approximate surface area is 150 Å². The number of H-pyrrole nitrogens is 1. The van der Waals surface area contributed by atoms with Gasteiger partial charge < -0.3 is 9.72 Å². The zero-order valence-corrected chi connectivity index (χ0v) is 14.2. The molecule has 1 N–H and O–H groups in total. The molecule has 0 bridgehead atoms. The second-order valence-corrected chi connectivity index (χ2v) is 6.33. The lowest BCUT2D eigenvalue weighted by atomic mass is 10.1. The monoisotopic (exact) mass is 349 g/mol. The first-order valence-corrected chi connectivity index (χ1v) is 8.53. The zero-order valence-electron chi connectivity index (χ0n) is 13.5. The highest BCUT2D eigenvalue weighted by atomic mass is 35.5. The largest absolute Gasteiger partial charge is 0.426 e. The fourth-order valence-corrected chi connectivity index (χ4v) is 3.30. The second kappa shape index (κ2) is 6.61. The summed E-state index contributed by atoms with van der Waals surface area (Å²) in [6.07, 6.45) is 2.91. The minimum atomic E-state index is -0.252. The number of benzene rings is 3. The Morgan fingerprint density at radius 1 is 0.920 bits per heavy atom. The number of carbonyl (C=O) groups excluding carboxylic acids is 1. The van der Waals surface area contributed by atoms with Crippen molar-refractivity contribution in [2.24, 2.45) is 0 Å². The number of nitrogens with one attached hydrogen (secondary N) is 1. The number of esters is 1. The van der Waals surface area contributed by atoms with Crippen LogP contribution in [0.4, 0.5) is 0 Å². The first-order chi connectivity index (χ1) is 12.2. The molecule has 124 valence electrons. The number of fused-ring (bicyclic) bond motifs is 2. The molecule has 1 heterocycles. The summed E-state index contributed by atoms with van der Waals surface area (Å²) >= 11 is 6.21. The summed E-state index contributed by atoms with van der Waals surface area (Å²) in [5, 5.41) is 3.52. The average molecular weight is 350 g/mol. The molecule has 0 saturated carbocycles. The van der Waals surface area contributed by atoms with Crippen molar-refractivity contribution in [2.45, 2.75) is 12.8 Å². The Kier molecular flexibility index (Phi) is 4.16. The highest BCUT2D eigenvalue weighted by Gasteiger charge is 2.11. The lowest BCUT2D eigenvalue weighted by Crippen LogP contribution is -2.09. The van der Waals surface area contributed by atoms with Crippen LogP contribution in [-0.4, -0.2) is 11.0 Å². The van der Waals surface area contributed by atoms with Gasteiger partial charge in [0.1, 0.15) is 5.75 Å². The fourth-order valence-electron chi connectivity index (χ4n) is 3.07. The molecule has 0 saturated heterocycles. The second-order valence-electron chi connectivity index (χ2n) is 5.92. The number of halogens is 1. The molecule has 0 unspecified atom stereocenters. The van der Waals surface area contributed by atoms with Crippen LogP contribution in [0.1, 0.15) is 12.0 Å². The van der Waals surface area contributed by atoms with Gasteiger partial charge in [-0.2, -0.15) is 0 Å². The fraction of sp³-hybridized carbons (Fsp3) is 0.0952. The molecule has 0 spiro atoms. The Morgan fingerprint density at radius 2 is 1.64 bits per heavy atom. The van der Waals surface area contributed by atoms with E-state index in [0.29, 0.717) is 23.6 Å². The molecule has 4 rings (SSSR count). The van der Waals surface area contributed by atoms with Gasteiger partial charge in [0.15, 0.2) is 0 Å². The number of hydrogen-bond acceptors (Lipinski definition) is 2. The Hall–Kier alpha value is -2.78. The van der Waals surface area contributed by atoms with Crippen LogP contribution in [0, 0.1) is 0 Å². The standard InChI is InChI=1S/C21H16ClNO2/c22-18-10-11-20(17-7-2-1-6-16(17)18)25-21(24)12-9-14-13-23-19-8-4-3-5-15(14)19/h1-8,10-11,13,23H,9,12H2. The van der Waals surface area contributed by atoms with E-state index in [2.05, 4.69) is 11.1 Å². The van der Waals surface area contributed by atoms with Crippen LogP contribution >= 0.6 is 11.6 Å². The van der Waals surface area contributed by atoms with E-state index in [0.717, 1.165) is 27.2 Å². The van der Waals surface area contributed by atoms with E-state index in [1.165, 1.54) is 0 Å². The molecule has 0 aliphatic heterocycles. The minimum absolute atomic E-state index is 0.252. The summed E-state index contributed by atoms with van der Waals surface area (Å²) < 4.78 is 5.59. The molecule has 4 aromatic rings. The highest BCUT2D eigenvalue weighted by molar-refractivity contribution is 6.35. The third kappa shape index (κ3) is 3.11. The number of rotatable bonds is 4. The summed E-state index contributed by atoms with van der Waals surface area (Å²) in [4.78, 5) is 15.5. The molecule has 0 aliphatic carbocycles. The summed E-state index contributed by atoms with van der Waals surface area (Å²) in [5.41, 5.74) is 2.20. The van der Waals surface area contributed by atoms with Crippen LogP contribution in [-0.2, 0) is 11.2 Å². The Morgan fingerprint density at radius 3 is 2.48 bits per heavy atom. The van der Waals surface area contributed by atoms with E-state index < -0.39 is 0 Å². The third-order valence-electron chi connectivity index (χ3n) is 4.33. The maximum atomic E-state index is 12.3. The maximum Gasteiger partial charge on any atom is 0.311 e. The number of aromatic amines is 1. The smallest absolute Gasteiger partial charge is 0.311 e. The predicted octanol–water partition coefficient (Wildman–Crippen LogP) is 5.51. The maximum absolute atomic E-state index is 12.3. The van der Waals surface area contributed by atoms with Crippen LogP contribution in [0.3, 0.4) is 0 Å². The molecule has 0 fully saturated rings. The molecule has 3 aromatic carbocycles. The van der Waals surface area contributed by atoms with E-state index >= 15 is 0 Å². The molecule has 1 aromatic heterocycles. The van der Waals surface area contributed by atoms with Crippen LogP contribution in [0.5, 0.6) is 5.75 Å². The van der Waals surface area contributed by atoms with E-state index in [-0.39, 0.29) is 5.97 Å². The highest BCUT2D eigenvalue weighted by Crippen LogP contribution is 2.31. The molecular weight excluding hydrogens is 334 g/mol. The normalized spacial score (nSPS) is 11.1. The zero-order chi connectivity index (χ0) is 17.2. The first kappa shape index (κ1) is 15.7. The number of ether oxygens (including phenoxy) is 1. The van der Waals surface area contributed by atoms with Gasteiger partial charge in [-0.15, -0.1) is 0 Å². The van der Waals surface area contributed by atoms with Crippen molar-refractivity contribution in [3.05, 3.63) is 77.4 Å². The van der Waals surface area contributed by atoms with Gasteiger partial charge in [0.05, 0.1) is 6.42 Å². The van der Waals surface area contributed by atoms with E-state index in [1.54, 1.807) is 12.1 Å². The van der Waals surface area contributed by atoms with Gasteiger partial charge in [0.2, 0.25) is 0 Å². The van der Waals surface area contributed by atoms with Gasteiger partial charge >= 0.3 is 5.97 Å². The van der Waals surface area contributed by atoms with Gasteiger partial charge in [-0.05, 0) is 30.2 Å². The number of para-hydroxylation sites is 1. The van der Waals surface area contributed by atoms with Crippen LogP contribution in [0.2, 0.25) is 5.02 Å². The lowest BCUT2D eigenvalue weighted by Gasteiger charge is -2.09. The van der Waals surface area contributed by atoms with Crippen LogP contribution < -0.4 is 4.74 Å². The van der Waals surface area contributed by atoms with Crippen molar-refractivity contribution < 1.29 is 9.53 Å². The molecule has 0 amide bonds. The van der Waals surface area contributed by atoms with Gasteiger partial charge in [-0.25, -0.2) is 0 Å². The molecule has 0 radical (unpaired) electrons. The quantitative estimate of drug-likeness (QED) is 0.389. The Bertz CT molecular complexity index is 1070. The number of carbonyl (C=O) groups is 1. The number of aryl methyl sites for hydroxylation is 1. The van der Waals surface area contributed by atoms with Crippen molar-refractivity contribution in [3.63, 3.8) is 0 Å². The molecular formula is C21H16ClNO2. The summed E-state index contributed by atoms with van der Waals surface area (Å²) in [5.74, 6) is 0.293. The molecule has 3 nitrogen and oxygen atoms in total. The molecule has 0 aliphatic rings. The van der Waals surface area contributed by atoms with E-state index in [1.807, 2.05) is 48.7 Å². The average Bonchev–Trinajstić information content (AvgIpc) is 3.06.